The highest BCUT2D eigenvalue weighted by Gasteiger charge is 2.38. The zero-order valence-electron chi connectivity index (χ0n) is 56.6. The van der Waals surface area contributed by atoms with E-state index in [0.717, 1.165) is 97.1 Å². The Hall–Kier alpha value is -7.77. The number of aromatic nitrogens is 3. The highest BCUT2D eigenvalue weighted by atomic mass is 32.1. The normalized spacial score (nSPS) is 13.4. The summed E-state index contributed by atoms with van der Waals surface area (Å²) in [6, 6.07) is 69.0. The van der Waals surface area contributed by atoms with Gasteiger partial charge in [0.05, 0.1) is 23.5 Å². The van der Waals surface area contributed by atoms with Gasteiger partial charge in [-0.1, -0.05) is 307 Å². The van der Waals surface area contributed by atoms with Crippen molar-refractivity contribution < 1.29 is 9.90 Å². The monoisotopic (exact) mass is 1250 g/mol. The van der Waals surface area contributed by atoms with Gasteiger partial charge in [-0.05, 0) is 116 Å². The van der Waals surface area contributed by atoms with Gasteiger partial charge in [-0.25, -0.2) is 4.98 Å². The first kappa shape index (κ1) is 75.0. The maximum Gasteiger partial charge on any atom is 0.261 e. The van der Waals surface area contributed by atoms with Gasteiger partial charge in [0.25, 0.3) is 5.56 Å². The summed E-state index contributed by atoms with van der Waals surface area (Å²) in [5.74, 6) is 1.23. The van der Waals surface area contributed by atoms with Crippen LogP contribution in [0.3, 0.4) is 0 Å². The average Bonchev–Trinajstić information content (AvgIpc) is 2.28. The molecule has 0 saturated heterocycles. The van der Waals surface area contributed by atoms with E-state index in [-0.39, 0.29) is 23.3 Å². The van der Waals surface area contributed by atoms with E-state index < -0.39 is 5.60 Å². The fraction of sp³-hybridized carbons (Fsp3) is 0.410. The lowest BCUT2D eigenvalue weighted by molar-refractivity contribution is -0.119. The minimum atomic E-state index is -0.586. The lowest BCUT2D eigenvalue weighted by atomic mass is 9.71. The summed E-state index contributed by atoms with van der Waals surface area (Å²) in [6.45, 7) is 14.9. The van der Waals surface area contributed by atoms with Gasteiger partial charge in [0.2, 0.25) is 5.91 Å². The number of rotatable bonds is 25. The van der Waals surface area contributed by atoms with Crippen LogP contribution in [0.2, 0.25) is 0 Å². The molecule has 0 radical (unpaired) electrons. The Bertz CT molecular complexity index is 3260. The molecule has 9 heteroatoms. The topological polar surface area (TPSA) is 134 Å². The van der Waals surface area contributed by atoms with Crippen molar-refractivity contribution in [3.8, 4) is 6.07 Å². The lowest BCUT2D eigenvalue weighted by Gasteiger charge is -2.39. The number of amides is 1. The Morgan fingerprint density at radius 1 is 0.587 bits per heavy atom. The van der Waals surface area contributed by atoms with Crippen molar-refractivity contribution in [2.45, 2.75) is 213 Å². The van der Waals surface area contributed by atoms with Gasteiger partial charge in [-0.15, -0.1) is 11.3 Å². The molecule has 3 N–H and O–H groups in total. The van der Waals surface area contributed by atoms with E-state index in [1.165, 1.54) is 104 Å². The van der Waals surface area contributed by atoms with Gasteiger partial charge < -0.3 is 10.8 Å². The van der Waals surface area contributed by atoms with Crippen molar-refractivity contribution in [1.29, 1.82) is 5.26 Å². The van der Waals surface area contributed by atoms with E-state index in [0.29, 0.717) is 17.8 Å². The summed E-state index contributed by atoms with van der Waals surface area (Å²) in [6.07, 6.45) is 29.4. The molecular weight excluding hydrogens is 1150 g/mol. The maximum atomic E-state index is 12.0. The fourth-order valence-corrected chi connectivity index (χ4v) is 13.0. The van der Waals surface area contributed by atoms with Crippen LogP contribution >= 0.6 is 11.3 Å². The molecule has 488 valence electrons. The van der Waals surface area contributed by atoms with Crippen LogP contribution in [0.5, 0.6) is 0 Å². The predicted octanol–water partition coefficient (Wildman–Crippen LogP) is 21.6. The molecule has 3 aromatic heterocycles. The Labute approximate surface area is 557 Å². The molecule has 3 heterocycles. The SMILES string of the molecule is CCCC(C#N)c1ccccc1.CCCC(C(N)=O)c1ccccc1.CCCCC(O)(c1ccccc1)C1CCCCC1.CCCCC(c1ccccc1)c1ccccc1.CCCCC(c1ccccc1)c1cccnc1.CCCCc1c(C)nc2sccn2c1=O. The van der Waals surface area contributed by atoms with E-state index in [2.05, 4.69) is 179 Å². The molecule has 9 aromatic rings. The largest absolute Gasteiger partial charge is 0.385 e. The summed E-state index contributed by atoms with van der Waals surface area (Å²) in [5.41, 5.74) is 15.5. The molecule has 0 spiro atoms. The third-order valence-electron chi connectivity index (χ3n) is 17.5. The molecular formula is C83H107N5O3S. The molecule has 1 saturated carbocycles. The highest BCUT2D eigenvalue weighted by Crippen LogP contribution is 2.42. The number of fused-ring (bicyclic) bond motifs is 1. The first-order chi connectivity index (χ1) is 45.0. The van der Waals surface area contributed by atoms with Crippen LogP contribution < -0.4 is 11.3 Å². The third kappa shape index (κ3) is 25.0. The van der Waals surface area contributed by atoms with E-state index in [1.807, 2.05) is 97.5 Å². The zero-order valence-corrected chi connectivity index (χ0v) is 57.4. The first-order valence-corrected chi connectivity index (χ1v) is 35.4. The number of hydrogen-bond acceptors (Lipinski definition) is 7. The quantitative estimate of drug-likeness (QED) is 0.0585. The van der Waals surface area contributed by atoms with Crippen LogP contribution in [0, 0.1) is 24.2 Å². The van der Waals surface area contributed by atoms with Crippen molar-refractivity contribution in [1.82, 2.24) is 14.4 Å². The van der Waals surface area contributed by atoms with Gasteiger partial charge in [-0.2, -0.15) is 5.26 Å². The van der Waals surface area contributed by atoms with Gasteiger partial charge in [0.1, 0.15) is 0 Å². The van der Waals surface area contributed by atoms with Crippen molar-refractivity contribution in [3.63, 3.8) is 0 Å². The molecule has 1 aliphatic carbocycles. The third-order valence-corrected chi connectivity index (χ3v) is 18.2. The Morgan fingerprint density at radius 2 is 1.04 bits per heavy atom. The smallest absolute Gasteiger partial charge is 0.261 e. The molecule has 0 aliphatic heterocycles. The Kier molecular flexibility index (Phi) is 35.8. The van der Waals surface area contributed by atoms with Crippen LogP contribution in [0.4, 0.5) is 0 Å². The molecule has 92 heavy (non-hydrogen) atoms. The van der Waals surface area contributed by atoms with Gasteiger partial charge in [-0.3, -0.25) is 19.0 Å². The predicted molar refractivity (Wildman–Crippen MR) is 388 cm³/mol. The van der Waals surface area contributed by atoms with Crippen molar-refractivity contribution in [2.24, 2.45) is 11.7 Å². The number of thiazole rings is 1. The molecule has 10 rings (SSSR count). The second-order valence-electron chi connectivity index (χ2n) is 24.3. The van der Waals surface area contributed by atoms with Crippen molar-refractivity contribution in [2.75, 3.05) is 0 Å². The molecule has 0 bridgehead atoms. The molecule has 1 fully saturated rings. The Balaban J connectivity index is 0.000000201. The van der Waals surface area contributed by atoms with Crippen LogP contribution in [-0.4, -0.2) is 25.4 Å². The second-order valence-corrected chi connectivity index (χ2v) is 25.2. The minimum absolute atomic E-state index is 0.0798. The van der Waals surface area contributed by atoms with Gasteiger partial charge >= 0.3 is 0 Å². The molecule has 6 aromatic carbocycles. The van der Waals surface area contributed by atoms with E-state index >= 15 is 0 Å². The fourth-order valence-electron chi connectivity index (χ4n) is 12.2. The summed E-state index contributed by atoms with van der Waals surface area (Å²) >= 11 is 1.50. The highest BCUT2D eigenvalue weighted by molar-refractivity contribution is 7.15. The van der Waals surface area contributed by atoms with E-state index in [9.17, 15) is 14.7 Å². The number of aryl methyl sites for hydroxylation is 1. The van der Waals surface area contributed by atoms with Crippen LogP contribution in [-0.2, 0) is 16.8 Å². The molecule has 1 amide bonds. The maximum absolute atomic E-state index is 12.0. The van der Waals surface area contributed by atoms with Crippen molar-refractivity contribution in [3.05, 3.63) is 279 Å². The number of carbonyl (C=O) groups is 1. The summed E-state index contributed by atoms with van der Waals surface area (Å²) < 4.78 is 1.64. The number of nitrogens with two attached hydrogens (primary N) is 1. The van der Waals surface area contributed by atoms with E-state index in [4.69, 9.17) is 11.0 Å². The molecule has 4 atom stereocenters. The Morgan fingerprint density at radius 3 is 1.49 bits per heavy atom. The first-order valence-electron chi connectivity index (χ1n) is 34.5. The number of unbranched alkanes of at least 4 members (excludes halogenated alkanes) is 4. The summed E-state index contributed by atoms with van der Waals surface area (Å²) in [5, 5.41) is 22.0. The molecule has 8 nitrogen and oxygen atoms in total. The standard InChI is InChI=1S/C17H26O.C17H20.C16H19N.C11H14N2OS.C11H15NO.C11H13N/c1-2-3-14-17(18,15-10-6-4-7-11-15)16-12-8-5-9-13-16;1-2-3-14-17(15-10-6-4-7-11-15)16-12-8-5-9-13-16;1-2-3-11-16(14-8-5-4-6-9-14)15-10-7-12-17-13-15;1-3-4-5-9-8(2)12-11-13(10(9)14)6-7-15-11;1-2-6-10(11(12)13)9-7-4-3-5-8-9;1-2-6-11(9-12)10-7-4-3-5-8-10/h4,6-7,10-11,16,18H,2-3,5,8-9,12-14H2,1H3;4-13,17H,2-3,14H2,1H3;4-10,12-13,16H,2-3,11H2,1H3;6-7H,3-5H2,1-2H3;3-5,7-8,10H,2,6H2,1H3,(H2,12,13);3-5,7-8,11H,2,6H2,1H3. The van der Waals surface area contributed by atoms with Crippen LogP contribution in [0.1, 0.15) is 244 Å². The number of pyridine rings is 1. The molecule has 4 unspecified atom stereocenters. The second kappa shape index (κ2) is 43.9. The number of primary amides is 1. The minimum Gasteiger partial charge on any atom is -0.385 e. The number of nitrogens with zero attached hydrogens (tertiary/aromatic N) is 4. The van der Waals surface area contributed by atoms with Crippen molar-refractivity contribution >= 4 is 22.2 Å². The average molecular weight is 1250 g/mol. The number of benzene rings is 6. The summed E-state index contributed by atoms with van der Waals surface area (Å²) in [7, 11) is 0. The summed E-state index contributed by atoms with van der Waals surface area (Å²) in [4.78, 5) is 32.6. The van der Waals surface area contributed by atoms with Gasteiger partial charge in [0.15, 0.2) is 4.96 Å². The number of aliphatic hydroxyl groups is 1. The molecule has 1 aliphatic rings. The van der Waals surface area contributed by atoms with Crippen LogP contribution in [0.25, 0.3) is 4.96 Å². The zero-order chi connectivity index (χ0) is 66.0. The van der Waals surface area contributed by atoms with Crippen LogP contribution in [0.15, 0.2) is 223 Å². The van der Waals surface area contributed by atoms with E-state index in [1.54, 1.807) is 10.6 Å². The number of carbonyl (C=O) groups excluding carboxylic acids is 1. The lowest BCUT2D eigenvalue weighted by Crippen LogP contribution is -2.36. The number of nitriles is 1. The van der Waals surface area contributed by atoms with Gasteiger partial charge in [0, 0.05) is 47.1 Å². The number of hydrogen-bond donors (Lipinski definition) is 2.